The molecule has 142 valence electrons. The Labute approximate surface area is 158 Å². The number of aliphatic carboxylic acids is 1. The van der Waals surface area contributed by atoms with Gasteiger partial charge in [0.05, 0.1) is 6.42 Å². The molecule has 1 aromatic carbocycles. The number of carboxylic acids is 1. The van der Waals surface area contributed by atoms with Crippen LogP contribution in [0.1, 0.15) is 77.2 Å². The highest BCUT2D eigenvalue weighted by molar-refractivity contribution is 7.99. The van der Waals surface area contributed by atoms with Gasteiger partial charge in [-0.3, -0.25) is 4.79 Å². The van der Waals surface area contributed by atoms with E-state index in [2.05, 4.69) is 26.0 Å². The predicted molar refractivity (Wildman–Crippen MR) is 110 cm³/mol. The molecule has 2 unspecified atom stereocenters. The zero-order valence-electron chi connectivity index (χ0n) is 16.1. The van der Waals surface area contributed by atoms with E-state index in [9.17, 15) is 9.90 Å². The normalized spacial score (nSPS) is 13.5. The van der Waals surface area contributed by atoms with Gasteiger partial charge in [0.25, 0.3) is 0 Å². The van der Waals surface area contributed by atoms with Crippen molar-refractivity contribution in [2.75, 3.05) is 5.75 Å². The van der Waals surface area contributed by atoms with Crippen LogP contribution in [-0.4, -0.2) is 22.1 Å². The molecule has 25 heavy (non-hydrogen) atoms. The molecule has 1 aromatic rings. The monoisotopic (exact) mass is 364 g/mol. The lowest BCUT2D eigenvalue weighted by atomic mass is 9.97. The number of carbonyl (C=O) groups is 1. The molecule has 0 radical (unpaired) electrons. The summed E-state index contributed by atoms with van der Waals surface area (Å²) in [5, 5.41) is 9.44. The van der Waals surface area contributed by atoms with Gasteiger partial charge in [0, 0.05) is 5.25 Å². The first-order valence-electron chi connectivity index (χ1n) is 10.0. The molecule has 0 bridgehead atoms. The molecular weight excluding hydrogens is 328 g/mol. The van der Waals surface area contributed by atoms with Gasteiger partial charge in [0.15, 0.2) is 0 Å². The first-order chi connectivity index (χ1) is 12.2. The highest BCUT2D eigenvalue weighted by Gasteiger charge is 2.17. The Balaban J connectivity index is 2.51. The fraction of sp³-hybridized carbons (Fsp3) is 0.682. The third-order valence-electron chi connectivity index (χ3n) is 4.71. The van der Waals surface area contributed by atoms with Crippen LogP contribution in [0.3, 0.4) is 0 Å². The summed E-state index contributed by atoms with van der Waals surface area (Å²) in [4.78, 5) is 11.2. The summed E-state index contributed by atoms with van der Waals surface area (Å²) in [5.41, 5.74) is 1.24. The fourth-order valence-electron chi connectivity index (χ4n) is 3.20. The van der Waals surface area contributed by atoms with Crippen LogP contribution in [0.25, 0.3) is 0 Å². The summed E-state index contributed by atoms with van der Waals surface area (Å²) in [7, 11) is 0. The van der Waals surface area contributed by atoms with Gasteiger partial charge in [0.2, 0.25) is 0 Å². The molecule has 0 spiro atoms. The highest BCUT2D eigenvalue weighted by atomic mass is 32.2. The quantitative estimate of drug-likeness (QED) is 0.357. The molecule has 1 N–H and O–H groups in total. The van der Waals surface area contributed by atoms with Crippen molar-refractivity contribution < 1.29 is 9.90 Å². The lowest BCUT2D eigenvalue weighted by molar-refractivity contribution is -0.136. The summed E-state index contributed by atoms with van der Waals surface area (Å²) in [6.45, 7) is 4.51. The smallest absolute Gasteiger partial charge is 0.304 e. The molecule has 0 aromatic heterocycles. The maximum Gasteiger partial charge on any atom is 0.304 e. The molecule has 0 saturated heterocycles. The van der Waals surface area contributed by atoms with Gasteiger partial charge in [-0.05, 0) is 36.5 Å². The summed E-state index contributed by atoms with van der Waals surface area (Å²) in [6.07, 6.45) is 11.5. The van der Waals surface area contributed by atoms with E-state index in [4.69, 9.17) is 0 Å². The lowest BCUT2D eigenvalue weighted by Gasteiger charge is -2.20. The minimum atomic E-state index is -0.679. The zero-order chi connectivity index (χ0) is 18.3. The lowest BCUT2D eigenvalue weighted by Crippen LogP contribution is -2.16. The fourth-order valence-corrected chi connectivity index (χ4v) is 4.65. The van der Waals surface area contributed by atoms with Crippen molar-refractivity contribution in [3.63, 3.8) is 0 Å². The molecule has 1 rings (SSSR count). The highest BCUT2D eigenvalue weighted by Crippen LogP contribution is 2.27. The number of carboxylic acid groups (broad SMARTS) is 1. The second-order valence-corrected chi connectivity index (χ2v) is 8.43. The van der Waals surface area contributed by atoms with E-state index in [1.54, 1.807) is 0 Å². The van der Waals surface area contributed by atoms with Gasteiger partial charge in [-0.1, -0.05) is 82.7 Å². The van der Waals surface area contributed by atoms with Crippen LogP contribution >= 0.6 is 11.8 Å². The first-order valence-corrected chi connectivity index (χ1v) is 11.1. The minimum Gasteiger partial charge on any atom is -0.481 e. The van der Waals surface area contributed by atoms with Gasteiger partial charge < -0.3 is 5.11 Å². The van der Waals surface area contributed by atoms with Crippen molar-refractivity contribution in [3.05, 3.63) is 35.9 Å². The molecule has 2 atom stereocenters. The number of rotatable bonds is 15. The molecule has 3 heteroatoms. The minimum absolute atomic E-state index is 0.180. The van der Waals surface area contributed by atoms with E-state index >= 15 is 0 Å². The predicted octanol–water partition coefficient (Wildman–Crippen LogP) is 6.58. The van der Waals surface area contributed by atoms with Crippen molar-refractivity contribution in [2.45, 2.75) is 83.3 Å². The van der Waals surface area contributed by atoms with Gasteiger partial charge in [-0.15, -0.1) is 0 Å². The van der Waals surface area contributed by atoms with Crippen LogP contribution in [-0.2, 0) is 11.2 Å². The Bertz CT molecular complexity index is 447. The van der Waals surface area contributed by atoms with Crippen molar-refractivity contribution in [1.82, 2.24) is 0 Å². The van der Waals surface area contributed by atoms with Crippen LogP contribution < -0.4 is 0 Å². The van der Waals surface area contributed by atoms with E-state index in [0.29, 0.717) is 0 Å². The van der Waals surface area contributed by atoms with Gasteiger partial charge >= 0.3 is 5.97 Å². The van der Waals surface area contributed by atoms with Crippen molar-refractivity contribution >= 4 is 17.7 Å². The first kappa shape index (κ1) is 22.1. The van der Waals surface area contributed by atoms with E-state index < -0.39 is 5.97 Å². The van der Waals surface area contributed by atoms with Gasteiger partial charge in [-0.25, -0.2) is 0 Å². The molecule has 2 nitrogen and oxygen atoms in total. The second-order valence-electron chi connectivity index (χ2n) is 7.10. The maximum atomic E-state index is 11.2. The maximum absolute atomic E-state index is 11.2. The number of hydrogen-bond acceptors (Lipinski definition) is 2. The Hall–Kier alpha value is -0.960. The second kappa shape index (κ2) is 14.2. The summed E-state index contributed by atoms with van der Waals surface area (Å²) in [5.74, 6) is 1.17. The van der Waals surface area contributed by atoms with E-state index in [1.165, 1.54) is 56.9 Å². The van der Waals surface area contributed by atoms with E-state index in [1.807, 2.05) is 30.0 Å². The topological polar surface area (TPSA) is 37.3 Å². The standard InChI is InChI=1S/C22H36O2S/c1-3-5-7-9-15-20(12-6-4-2)18-25-21(17-22(23)24)16-19-13-10-8-11-14-19/h8,10-11,13-14,20-21H,3-7,9,12,15-18H2,1-2H3,(H,23,24). The molecule has 0 aliphatic rings. The summed E-state index contributed by atoms with van der Waals surface area (Å²) in [6, 6.07) is 10.3. The van der Waals surface area contributed by atoms with Crippen molar-refractivity contribution in [2.24, 2.45) is 5.92 Å². The largest absolute Gasteiger partial charge is 0.481 e. The Kier molecular flexibility index (Phi) is 12.6. The number of benzene rings is 1. The number of thioether (sulfide) groups is 1. The van der Waals surface area contributed by atoms with E-state index in [-0.39, 0.29) is 11.7 Å². The molecule has 0 aliphatic heterocycles. The molecule has 0 amide bonds. The van der Waals surface area contributed by atoms with Gasteiger partial charge in [0.1, 0.15) is 0 Å². The zero-order valence-corrected chi connectivity index (χ0v) is 16.9. The third kappa shape index (κ3) is 11.3. The average molecular weight is 365 g/mol. The van der Waals surface area contributed by atoms with Crippen LogP contribution in [0.4, 0.5) is 0 Å². The molecular formula is C22H36O2S. The average Bonchev–Trinajstić information content (AvgIpc) is 2.60. The van der Waals surface area contributed by atoms with Crippen LogP contribution in [0.2, 0.25) is 0 Å². The van der Waals surface area contributed by atoms with Crippen LogP contribution in [0.5, 0.6) is 0 Å². The van der Waals surface area contributed by atoms with Crippen molar-refractivity contribution in [1.29, 1.82) is 0 Å². The summed E-state index contributed by atoms with van der Waals surface area (Å²) < 4.78 is 0. The number of unbranched alkanes of at least 4 members (excludes halogenated alkanes) is 4. The Morgan fingerprint density at radius 3 is 2.32 bits per heavy atom. The van der Waals surface area contributed by atoms with Crippen molar-refractivity contribution in [3.8, 4) is 0 Å². The van der Waals surface area contributed by atoms with Gasteiger partial charge in [-0.2, -0.15) is 11.8 Å². The number of hydrogen-bond donors (Lipinski definition) is 1. The third-order valence-corrected chi connectivity index (χ3v) is 6.18. The Morgan fingerprint density at radius 1 is 1.00 bits per heavy atom. The van der Waals surface area contributed by atoms with Crippen LogP contribution in [0, 0.1) is 5.92 Å². The molecule has 0 aliphatic carbocycles. The summed E-state index contributed by atoms with van der Waals surface area (Å²) >= 11 is 1.89. The molecule has 0 fully saturated rings. The molecule has 0 heterocycles. The van der Waals surface area contributed by atoms with Crippen LogP contribution in [0.15, 0.2) is 30.3 Å². The van der Waals surface area contributed by atoms with E-state index in [0.717, 1.165) is 18.1 Å². The molecule has 0 saturated carbocycles. The SMILES string of the molecule is CCCCCCC(CCCC)CSC(CC(=O)O)Cc1ccccc1. The Morgan fingerprint density at radius 2 is 1.68 bits per heavy atom.